The Labute approximate surface area is 175 Å². The summed E-state index contributed by atoms with van der Waals surface area (Å²) in [5.41, 5.74) is -0.730. The highest BCUT2D eigenvalue weighted by atomic mass is 32.2. The van der Waals surface area contributed by atoms with E-state index >= 15 is 0 Å². The number of nitrogens with one attached hydrogen (secondary N) is 1. The number of halogens is 3. The first kappa shape index (κ1) is 22.4. The lowest BCUT2D eigenvalue weighted by molar-refractivity contribution is 0.0770. The molecule has 0 aliphatic rings. The molecule has 3 rings (SSSR count). The number of benzene rings is 1. The zero-order valence-corrected chi connectivity index (χ0v) is 17.2. The number of ether oxygens (including phenoxy) is 2. The molecule has 166 valence electrons. The molecule has 0 unspecified atom stereocenters. The van der Waals surface area contributed by atoms with Gasteiger partial charge in [0.15, 0.2) is 12.4 Å². The fourth-order valence-corrected chi connectivity index (χ4v) is 4.17. The molecule has 0 amide bonds. The molecular weight excluding hydrogens is 439 g/mol. The summed E-state index contributed by atoms with van der Waals surface area (Å²) in [6.45, 7) is 1.09. The quantitative estimate of drug-likeness (QED) is 0.558. The van der Waals surface area contributed by atoms with Gasteiger partial charge in [-0.25, -0.2) is 21.6 Å². The van der Waals surface area contributed by atoms with Crippen LogP contribution in [0.15, 0.2) is 46.2 Å². The summed E-state index contributed by atoms with van der Waals surface area (Å²) in [5.74, 6) is -2.31. The van der Waals surface area contributed by atoms with E-state index in [1.165, 1.54) is 35.0 Å². The van der Waals surface area contributed by atoms with Crippen molar-refractivity contribution in [2.24, 2.45) is 0 Å². The first-order valence-electron chi connectivity index (χ1n) is 8.98. The molecule has 0 bridgehead atoms. The predicted octanol–water partition coefficient (Wildman–Crippen LogP) is 3.01. The van der Waals surface area contributed by atoms with Crippen molar-refractivity contribution in [3.63, 3.8) is 0 Å². The van der Waals surface area contributed by atoms with E-state index in [1.807, 2.05) is 0 Å². The molecule has 0 fully saturated rings. The van der Waals surface area contributed by atoms with Crippen molar-refractivity contribution in [2.45, 2.75) is 24.8 Å². The highest BCUT2D eigenvalue weighted by Crippen LogP contribution is 2.31. The smallest absolute Gasteiger partial charge is 0.272 e. The van der Waals surface area contributed by atoms with E-state index in [0.717, 1.165) is 7.11 Å². The van der Waals surface area contributed by atoms with Crippen LogP contribution in [0.25, 0.3) is 10.8 Å². The monoisotopic (exact) mass is 457 g/mol. The van der Waals surface area contributed by atoms with Crippen LogP contribution in [0.1, 0.15) is 6.92 Å². The average molecular weight is 457 g/mol. The van der Waals surface area contributed by atoms with Crippen LogP contribution in [0.2, 0.25) is 0 Å². The minimum atomic E-state index is -4.31. The number of hydrogen-bond donors (Lipinski definition) is 1. The van der Waals surface area contributed by atoms with Gasteiger partial charge in [-0.1, -0.05) is 6.07 Å². The molecule has 0 saturated carbocycles. The topological polar surface area (TPSA) is 99.5 Å². The van der Waals surface area contributed by atoms with Crippen molar-refractivity contribution in [3.05, 3.63) is 52.7 Å². The summed E-state index contributed by atoms with van der Waals surface area (Å²) in [4.78, 5) is 15.9. The maximum absolute atomic E-state index is 14.2. The van der Waals surface area contributed by atoms with Gasteiger partial charge in [0, 0.05) is 29.6 Å². The number of fused-ring (bicyclic) bond motifs is 1. The van der Waals surface area contributed by atoms with Crippen LogP contribution in [-0.2, 0) is 16.6 Å². The number of nitrogens with zero attached hydrogens (tertiary/aromatic N) is 2. The van der Waals surface area contributed by atoms with E-state index in [2.05, 4.69) is 14.4 Å². The van der Waals surface area contributed by atoms with Gasteiger partial charge in [0.05, 0.1) is 12.0 Å². The highest BCUT2D eigenvalue weighted by Gasteiger charge is 2.23. The van der Waals surface area contributed by atoms with Crippen molar-refractivity contribution < 1.29 is 31.1 Å². The molecule has 3 aromatic rings. The fourth-order valence-electron chi connectivity index (χ4n) is 2.90. The molecular formula is C19H18F3N3O5S. The van der Waals surface area contributed by atoms with Gasteiger partial charge in [0.25, 0.3) is 27.9 Å². The summed E-state index contributed by atoms with van der Waals surface area (Å²) in [6, 6.07) is 6.40. The summed E-state index contributed by atoms with van der Waals surface area (Å²) in [7, 11) is -3.17. The number of methoxy groups -OCH3 is 1. The number of hydrogen-bond acceptors (Lipinski definition) is 6. The van der Waals surface area contributed by atoms with Gasteiger partial charge in [-0.2, -0.15) is 4.98 Å². The van der Waals surface area contributed by atoms with E-state index in [1.54, 1.807) is 6.92 Å². The standard InChI is InChI=1S/C19H18F3N3O5S/c1-3-25-8-7-11-12(19(25)26)5-4-6-15(11)31(27,28)24-14-9-13(20)17(23-18(14)29-2)30-10-16(21)22/h4-9,16,24H,3,10H2,1-2H3. The minimum absolute atomic E-state index is 0.175. The van der Waals surface area contributed by atoms with Gasteiger partial charge in [0.1, 0.15) is 5.69 Å². The van der Waals surface area contributed by atoms with Crippen molar-refractivity contribution in [3.8, 4) is 11.8 Å². The molecule has 0 atom stereocenters. The Morgan fingerprint density at radius 3 is 2.58 bits per heavy atom. The molecule has 8 nitrogen and oxygen atoms in total. The van der Waals surface area contributed by atoms with Gasteiger partial charge in [-0.15, -0.1) is 0 Å². The van der Waals surface area contributed by atoms with Gasteiger partial charge in [0.2, 0.25) is 5.88 Å². The maximum Gasteiger partial charge on any atom is 0.272 e. The second kappa shape index (κ2) is 8.84. The molecule has 0 spiro atoms. The van der Waals surface area contributed by atoms with Crippen LogP contribution in [0, 0.1) is 5.82 Å². The molecule has 1 aromatic carbocycles. The second-order valence-electron chi connectivity index (χ2n) is 6.26. The summed E-state index contributed by atoms with van der Waals surface area (Å²) in [6.07, 6.45) is -1.38. The molecule has 2 heterocycles. The van der Waals surface area contributed by atoms with E-state index in [9.17, 15) is 26.4 Å². The van der Waals surface area contributed by atoms with Gasteiger partial charge >= 0.3 is 0 Å². The van der Waals surface area contributed by atoms with Crippen LogP contribution >= 0.6 is 0 Å². The van der Waals surface area contributed by atoms with Gasteiger partial charge < -0.3 is 14.0 Å². The third-order valence-electron chi connectivity index (χ3n) is 4.30. The predicted molar refractivity (Wildman–Crippen MR) is 107 cm³/mol. The number of alkyl halides is 2. The second-order valence-corrected chi connectivity index (χ2v) is 7.91. The average Bonchev–Trinajstić information content (AvgIpc) is 2.72. The zero-order valence-electron chi connectivity index (χ0n) is 16.4. The third kappa shape index (κ3) is 4.58. The molecule has 1 N–H and O–H groups in total. The Morgan fingerprint density at radius 1 is 1.19 bits per heavy atom. The zero-order chi connectivity index (χ0) is 22.8. The first-order valence-corrected chi connectivity index (χ1v) is 10.5. The Morgan fingerprint density at radius 2 is 1.94 bits per heavy atom. The normalized spacial score (nSPS) is 11.7. The third-order valence-corrected chi connectivity index (χ3v) is 5.72. The number of anilines is 1. The Kier molecular flexibility index (Phi) is 6.39. The fraction of sp³-hybridized carbons (Fsp3) is 0.263. The summed E-state index contributed by atoms with van der Waals surface area (Å²) < 4.78 is 77.9. The van der Waals surface area contributed by atoms with Gasteiger partial charge in [-0.3, -0.25) is 9.52 Å². The minimum Gasteiger partial charge on any atom is -0.479 e. The van der Waals surface area contributed by atoms with Crippen molar-refractivity contribution in [1.29, 1.82) is 0 Å². The molecule has 0 radical (unpaired) electrons. The number of sulfonamides is 1. The first-order chi connectivity index (χ1) is 14.7. The molecule has 12 heteroatoms. The largest absolute Gasteiger partial charge is 0.479 e. The van der Waals surface area contributed by atoms with Crippen LogP contribution < -0.4 is 19.8 Å². The van der Waals surface area contributed by atoms with Crippen LogP contribution in [-0.4, -0.2) is 38.1 Å². The number of aryl methyl sites for hydroxylation is 1. The number of aromatic nitrogens is 2. The van der Waals surface area contributed by atoms with Crippen molar-refractivity contribution in [2.75, 3.05) is 18.4 Å². The SMILES string of the molecule is CCn1ccc2c(S(=O)(=O)Nc3cc(F)c(OCC(F)F)nc3OC)cccc2c1=O. The van der Waals surface area contributed by atoms with E-state index < -0.39 is 34.8 Å². The Balaban J connectivity index is 2.04. The van der Waals surface area contributed by atoms with Crippen molar-refractivity contribution >= 4 is 26.5 Å². The lowest BCUT2D eigenvalue weighted by atomic mass is 10.2. The summed E-state index contributed by atoms with van der Waals surface area (Å²) in [5, 5.41) is 0.369. The molecule has 2 aromatic heterocycles. The molecule has 0 aliphatic heterocycles. The molecule has 0 aliphatic carbocycles. The summed E-state index contributed by atoms with van der Waals surface area (Å²) >= 11 is 0. The maximum atomic E-state index is 14.2. The lowest BCUT2D eigenvalue weighted by Gasteiger charge is -2.14. The van der Waals surface area contributed by atoms with Crippen LogP contribution in [0.4, 0.5) is 18.9 Å². The van der Waals surface area contributed by atoms with E-state index in [-0.39, 0.29) is 32.8 Å². The molecule has 31 heavy (non-hydrogen) atoms. The van der Waals surface area contributed by atoms with E-state index in [0.29, 0.717) is 12.6 Å². The van der Waals surface area contributed by atoms with E-state index in [4.69, 9.17) is 4.74 Å². The molecule has 0 saturated heterocycles. The number of rotatable bonds is 8. The Bertz CT molecular complexity index is 1280. The number of pyridine rings is 2. The van der Waals surface area contributed by atoms with Gasteiger partial charge in [-0.05, 0) is 25.1 Å². The highest BCUT2D eigenvalue weighted by molar-refractivity contribution is 7.93. The van der Waals surface area contributed by atoms with Crippen LogP contribution in [0.5, 0.6) is 11.8 Å². The van der Waals surface area contributed by atoms with Crippen molar-refractivity contribution in [1.82, 2.24) is 9.55 Å². The van der Waals surface area contributed by atoms with Crippen LogP contribution in [0.3, 0.4) is 0 Å². The Hall–Kier alpha value is -3.28. The lowest BCUT2D eigenvalue weighted by Crippen LogP contribution is -2.20.